The van der Waals surface area contributed by atoms with E-state index in [0.29, 0.717) is 0 Å². The van der Waals surface area contributed by atoms with Crippen molar-refractivity contribution in [2.45, 2.75) is 0 Å². The Bertz CT molecular complexity index is 146. The molecule has 0 bridgehead atoms. The van der Waals surface area contributed by atoms with Crippen molar-refractivity contribution in [2.24, 2.45) is 5.92 Å². The minimum Gasteiger partial charge on any atom is -0.286 e. The van der Waals surface area contributed by atoms with E-state index in [1.165, 1.54) is 0 Å². The molecule has 0 atom stereocenters. The smallest absolute Gasteiger partial charge is 0.208 e. The van der Waals surface area contributed by atoms with E-state index >= 15 is 0 Å². The molecule has 0 aromatic heterocycles. The van der Waals surface area contributed by atoms with Gasteiger partial charge < -0.3 is 0 Å². The molecule has 2 heteroatoms. The topological polar surface area (TPSA) is 17.1 Å². The number of carbonyl (C=O) groups excluding carboxylic acids is 1. The summed E-state index contributed by atoms with van der Waals surface area (Å²) in [5, 5.41) is 0. The predicted octanol–water partition coefficient (Wildman–Crippen LogP) is 1.65. The number of hydrogen-bond acceptors (Lipinski definition) is 1. The third-order valence-corrected chi connectivity index (χ3v) is 1.54. The van der Waals surface area contributed by atoms with Gasteiger partial charge in [-0.3, -0.25) is 4.79 Å². The van der Waals surface area contributed by atoms with Crippen molar-refractivity contribution in [3.63, 3.8) is 0 Å². The molecular weight excluding hydrogens is 168 g/mol. The van der Waals surface area contributed by atoms with Crippen LogP contribution in [0.15, 0.2) is 24.3 Å². The summed E-state index contributed by atoms with van der Waals surface area (Å²) in [5.74, 6) is -0.0185. The summed E-state index contributed by atoms with van der Waals surface area (Å²) < 4.78 is 0.0301. The molecule has 1 aliphatic carbocycles. The van der Waals surface area contributed by atoms with Gasteiger partial charge in [0.1, 0.15) is 0 Å². The fraction of sp³-hybridized carbons (Fsp3) is 0.167. The monoisotopic (exact) mass is 172 g/mol. The van der Waals surface area contributed by atoms with Crippen LogP contribution in [0.1, 0.15) is 0 Å². The molecule has 0 amide bonds. The summed E-state index contributed by atoms with van der Waals surface area (Å²) in [6.45, 7) is 0. The van der Waals surface area contributed by atoms with Gasteiger partial charge >= 0.3 is 0 Å². The highest BCUT2D eigenvalue weighted by atomic mass is 79.9. The van der Waals surface area contributed by atoms with Crippen LogP contribution in [0.3, 0.4) is 0 Å². The molecule has 0 aromatic carbocycles. The molecule has 0 spiro atoms. The van der Waals surface area contributed by atoms with Gasteiger partial charge in [-0.2, -0.15) is 0 Å². The van der Waals surface area contributed by atoms with Gasteiger partial charge in [0.15, 0.2) is 0 Å². The lowest BCUT2D eigenvalue weighted by molar-refractivity contribution is -0.111. The molecule has 0 saturated heterocycles. The molecule has 0 N–H and O–H groups in total. The molecular formula is C6H5BrO. The Labute approximate surface area is 56.2 Å². The average Bonchev–Trinajstić information content (AvgIpc) is 2.12. The predicted molar refractivity (Wildman–Crippen MR) is 35.7 cm³/mol. The largest absolute Gasteiger partial charge is 0.286 e. The van der Waals surface area contributed by atoms with E-state index in [-0.39, 0.29) is 10.6 Å². The zero-order chi connectivity index (χ0) is 5.98. The van der Waals surface area contributed by atoms with Crippen molar-refractivity contribution in [2.75, 3.05) is 0 Å². The second-order valence-electron chi connectivity index (χ2n) is 1.60. The maximum atomic E-state index is 10.5. The molecule has 0 fully saturated rings. The zero-order valence-electron chi connectivity index (χ0n) is 4.17. The van der Waals surface area contributed by atoms with Gasteiger partial charge in [0.2, 0.25) is 4.69 Å². The van der Waals surface area contributed by atoms with Crippen LogP contribution in [0.5, 0.6) is 0 Å². The molecule has 1 nitrogen and oxygen atoms in total. The Morgan fingerprint density at radius 3 is 2.12 bits per heavy atom. The van der Waals surface area contributed by atoms with Crippen LogP contribution in [0.2, 0.25) is 0 Å². The quantitative estimate of drug-likeness (QED) is 0.551. The summed E-state index contributed by atoms with van der Waals surface area (Å²) in [5.41, 5.74) is 0. The first kappa shape index (κ1) is 5.76. The van der Waals surface area contributed by atoms with Crippen molar-refractivity contribution in [3.05, 3.63) is 24.3 Å². The minimum atomic E-state index is -0.0185. The Hall–Kier alpha value is -0.370. The van der Waals surface area contributed by atoms with Gasteiger partial charge in [-0.15, -0.1) is 0 Å². The SMILES string of the molecule is O=C(Br)C1C=CC=C1. The summed E-state index contributed by atoms with van der Waals surface area (Å²) in [6.07, 6.45) is 7.42. The first-order valence-corrected chi connectivity index (χ1v) is 3.14. The van der Waals surface area contributed by atoms with Gasteiger partial charge in [0, 0.05) is 0 Å². The number of halogens is 1. The molecule has 8 heavy (non-hydrogen) atoms. The summed E-state index contributed by atoms with van der Waals surface area (Å²) >= 11 is 2.86. The van der Waals surface area contributed by atoms with E-state index in [0.717, 1.165) is 0 Å². The van der Waals surface area contributed by atoms with Crippen molar-refractivity contribution >= 4 is 20.6 Å². The molecule has 1 rings (SSSR count). The van der Waals surface area contributed by atoms with E-state index in [2.05, 4.69) is 15.9 Å². The highest BCUT2D eigenvalue weighted by molar-refractivity contribution is 9.18. The lowest BCUT2D eigenvalue weighted by Crippen LogP contribution is -1.97. The van der Waals surface area contributed by atoms with Gasteiger partial charge in [-0.1, -0.05) is 24.3 Å². The van der Waals surface area contributed by atoms with Crippen LogP contribution in [-0.4, -0.2) is 4.69 Å². The van der Waals surface area contributed by atoms with Gasteiger partial charge in [0.25, 0.3) is 0 Å². The Kier molecular flexibility index (Phi) is 1.63. The minimum absolute atomic E-state index is 0.0185. The van der Waals surface area contributed by atoms with Crippen LogP contribution in [0, 0.1) is 5.92 Å². The molecule has 1 aliphatic rings. The first-order chi connectivity index (χ1) is 3.80. The van der Waals surface area contributed by atoms with E-state index < -0.39 is 0 Å². The number of rotatable bonds is 1. The van der Waals surface area contributed by atoms with E-state index in [1.807, 2.05) is 24.3 Å². The van der Waals surface area contributed by atoms with E-state index in [4.69, 9.17) is 0 Å². The van der Waals surface area contributed by atoms with Crippen LogP contribution in [0.4, 0.5) is 0 Å². The molecule has 0 saturated carbocycles. The second kappa shape index (κ2) is 2.27. The maximum absolute atomic E-state index is 10.5. The molecule has 0 radical (unpaired) electrons. The first-order valence-electron chi connectivity index (χ1n) is 2.35. The number of hydrogen-bond donors (Lipinski definition) is 0. The van der Waals surface area contributed by atoms with E-state index in [9.17, 15) is 4.79 Å². The Morgan fingerprint density at radius 2 is 1.88 bits per heavy atom. The highest BCUT2D eigenvalue weighted by Crippen LogP contribution is 2.12. The third-order valence-electron chi connectivity index (χ3n) is 1.01. The lowest BCUT2D eigenvalue weighted by atomic mass is 10.2. The van der Waals surface area contributed by atoms with Crippen molar-refractivity contribution < 1.29 is 4.79 Å². The fourth-order valence-corrected chi connectivity index (χ4v) is 0.888. The van der Waals surface area contributed by atoms with Crippen molar-refractivity contribution in [1.29, 1.82) is 0 Å². The molecule has 0 aliphatic heterocycles. The molecule has 0 unspecified atom stereocenters. The van der Waals surface area contributed by atoms with Crippen LogP contribution in [0.25, 0.3) is 0 Å². The highest BCUT2D eigenvalue weighted by Gasteiger charge is 2.08. The maximum Gasteiger partial charge on any atom is 0.208 e. The van der Waals surface area contributed by atoms with Gasteiger partial charge in [-0.25, -0.2) is 0 Å². The van der Waals surface area contributed by atoms with Gasteiger partial charge in [-0.05, 0) is 15.9 Å². The normalized spacial score (nSPS) is 17.6. The fourth-order valence-electron chi connectivity index (χ4n) is 0.583. The third kappa shape index (κ3) is 1.07. The van der Waals surface area contributed by atoms with E-state index in [1.54, 1.807) is 0 Å². The summed E-state index contributed by atoms with van der Waals surface area (Å²) in [6, 6.07) is 0. The molecule has 0 heterocycles. The summed E-state index contributed by atoms with van der Waals surface area (Å²) in [4.78, 5) is 10.5. The standard InChI is InChI=1S/C6H5BrO/c7-6(8)5-3-1-2-4-5/h1-5H. The molecule has 0 aromatic rings. The Morgan fingerprint density at radius 1 is 1.38 bits per heavy atom. The number of carbonyl (C=O) groups is 1. The number of allylic oxidation sites excluding steroid dienone is 4. The summed E-state index contributed by atoms with van der Waals surface area (Å²) in [7, 11) is 0. The Balaban J connectivity index is 2.62. The van der Waals surface area contributed by atoms with Crippen LogP contribution < -0.4 is 0 Å². The van der Waals surface area contributed by atoms with Crippen molar-refractivity contribution in [1.82, 2.24) is 0 Å². The molecule has 42 valence electrons. The van der Waals surface area contributed by atoms with Gasteiger partial charge in [0.05, 0.1) is 5.92 Å². The van der Waals surface area contributed by atoms with Crippen molar-refractivity contribution in [3.8, 4) is 0 Å². The second-order valence-corrected chi connectivity index (χ2v) is 2.38. The van der Waals surface area contributed by atoms with Crippen LogP contribution >= 0.6 is 15.9 Å². The zero-order valence-corrected chi connectivity index (χ0v) is 5.76. The lowest BCUT2D eigenvalue weighted by Gasteiger charge is -1.91. The average molecular weight is 173 g/mol. The van der Waals surface area contributed by atoms with Crippen LogP contribution in [-0.2, 0) is 4.79 Å².